The van der Waals surface area contributed by atoms with Crippen LogP contribution in [0, 0.1) is 0 Å². The predicted molar refractivity (Wildman–Crippen MR) is 154 cm³/mol. The van der Waals surface area contributed by atoms with Crippen molar-refractivity contribution in [2.75, 3.05) is 6.61 Å². The van der Waals surface area contributed by atoms with Gasteiger partial charge in [-0.15, -0.1) is 0 Å². The monoisotopic (exact) mass is 725 g/mol. The molecule has 0 fully saturated rings. The summed E-state index contributed by atoms with van der Waals surface area (Å²) in [7, 11) is -1.82. The minimum absolute atomic E-state index is 0.164. The Labute approximate surface area is 234 Å². The molecule has 0 atom stereocenters. The van der Waals surface area contributed by atoms with E-state index in [1.165, 1.54) is 0 Å². The van der Waals surface area contributed by atoms with Crippen LogP contribution in [0.15, 0.2) is 91.1 Å². The Kier molecular flexibility index (Phi) is 8.86. The summed E-state index contributed by atoms with van der Waals surface area (Å²) in [6, 6.07) is 25.5. The van der Waals surface area contributed by atoms with Crippen LogP contribution >= 0.6 is 0 Å². The third kappa shape index (κ3) is 6.79. The first-order chi connectivity index (χ1) is 18.0. The number of carbonyl (C=O) groups is 2. The second-order valence-electron chi connectivity index (χ2n) is 10.6. The van der Waals surface area contributed by atoms with E-state index in [4.69, 9.17) is 10.1 Å². The first-order valence-electron chi connectivity index (χ1n) is 12.6. The van der Waals surface area contributed by atoms with Crippen LogP contribution in [-0.2, 0) is 16.6 Å². The van der Waals surface area contributed by atoms with Crippen LogP contribution in [-0.4, -0.2) is 54.1 Å². The van der Waals surface area contributed by atoms with Crippen molar-refractivity contribution < 1.29 is 19.6 Å². The van der Waals surface area contributed by atoms with Crippen LogP contribution in [0.3, 0.4) is 0 Å². The van der Waals surface area contributed by atoms with Gasteiger partial charge in [-0.05, 0) is 0 Å². The summed E-state index contributed by atoms with van der Waals surface area (Å²) < 4.78 is 21.1. The van der Waals surface area contributed by atoms with Crippen LogP contribution in [0.1, 0.15) is 41.5 Å². The zero-order valence-corrected chi connectivity index (χ0v) is 27.0. The number of rotatable bonds is 9. The Balaban J connectivity index is 1.55. The van der Waals surface area contributed by atoms with Crippen LogP contribution in [0.25, 0.3) is 10.9 Å². The molecule has 0 unspecified atom stereocenters. The third-order valence-electron chi connectivity index (χ3n) is 6.92. The molecule has 1 aromatic heterocycles. The van der Waals surface area contributed by atoms with Crippen molar-refractivity contribution in [3.63, 3.8) is 0 Å². The second kappa shape index (κ2) is 11.9. The molecule has 0 spiro atoms. The average molecular weight is 726 g/mol. The van der Waals surface area contributed by atoms with Crippen LogP contribution in [0.2, 0.25) is 18.1 Å². The minimum atomic E-state index is -3.75. The van der Waals surface area contributed by atoms with Crippen molar-refractivity contribution in [2.45, 2.75) is 45.4 Å². The van der Waals surface area contributed by atoms with Gasteiger partial charge in [0.25, 0.3) is 0 Å². The molecule has 198 valence electrons. The van der Waals surface area contributed by atoms with Crippen molar-refractivity contribution >= 4 is 57.1 Å². The van der Waals surface area contributed by atoms with Crippen molar-refractivity contribution in [2.24, 2.45) is 0 Å². The fourth-order valence-corrected chi connectivity index (χ4v) is 9.34. The number of fused-ring (bicyclic) bond motifs is 1. The molecule has 1 heterocycles. The first-order valence-corrected chi connectivity index (χ1v) is 20.1. The van der Waals surface area contributed by atoms with Gasteiger partial charge < -0.3 is 0 Å². The standard InChI is InChI=1S/C16H24NOSi.2C7H6O2.Bi/c1-16(2,3)19(4,5)18-13-12-17-11-10-14-8-6-7-9-15(14)17;2*8-7(9)6-4-2-1-3-5-6;/h7-11H,12-13H2,1-5H3;2*1-5H,(H,8,9);/q;;;+2/p-2. The van der Waals surface area contributed by atoms with Gasteiger partial charge >= 0.3 is 236 Å². The van der Waals surface area contributed by atoms with Gasteiger partial charge in [-0.1, -0.05) is 0 Å². The van der Waals surface area contributed by atoms with E-state index < -0.39 is 42.9 Å². The maximum atomic E-state index is 12.9. The summed E-state index contributed by atoms with van der Waals surface area (Å²) in [6.07, 6.45) is 2.04. The molecule has 0 amide bonds. The van der Waals surface area contributed by atoms with E-state index in [1.54, 1.807) is 48.5 Å². The molecule has 0 saturated heterocycles. The first kappa shape index (κ1) is 28.2. The van der Waals surface area contributed by atoms with Gasteiger partial charge in [0.1, 0.15) is 0 Å². The van der Waals surface area contributed by atoms with Gasteiger partial charge in [0.05, 0.1) is 0 Å². The van der Waals surface area contributed by atoms with E-state index >= 15 is 0 Å². The molecular weight excluding hydrogens is 691 g/mol. The molecule has 0 saturated carbocycles. The Morgan fingerprint density at radius 1 is 0.816 bits per heavy atom. The summed E-state index contributed by atoms with van der Waals surface area (Å²) in [5.74, 6) is -0.964. The summed E-state index contributed by atoms with van der Waals surface area (Å²) in [6.45, 7) is 12.6. The summed E-state index contributed by atoms with van der Waals surface area (Å²) >= 11 is -3.75. The number of hydrogen-bond donors (Lipinski definition) is 0. The zero-order chi connectivity index (χ0) is 27.3. The fraction of sp³-hybridized carbons (Fsp3) is 0.267. The number of nitrogens with zero attached hydrogens (tertiary/aromatic N) is 1. The molecule has 0 radical (unpaired) electrons. The maximum absolute atomic E-state index is 12.9. The second-order valence-corrected chi connectivity index (χ2v) is 20.8. The molecule has 0 N–H and O–H groups in total. The third-order valence-corrected chi connectivity index (χ3v) is 16.8. The van der Waals surface area contributed by atoms with Gasteiger partial charge in [0.15, 0.2) is 0 Å². The normalized spacial score (nSPS) is 12.1. The summed E-state index contributed by atoms with van der Waals surface area (Å²) in [5, 5.41) is 1.16. The SMILES string of the molecule is CC(C)(C)[Si](C)(C)OCCn1ccc2c[c]([Bi]([O]C(=O)c3ccccc3)[O]C(=O)c3ccccc3)ccc21. The molecule has 4 aromatic rings. The van der Waals surface area contributed by atoms with Crippen LogP contribution in [0.5, 0.6) is 0 Å². The Morgan fingerprint density at radius 2 is 1.37 bits per heavy atom. The number of carbonyl (C=O) groups excluding carboxylic acids is 2. The zero-order valence-electron chi connectivity index (χ0n) is 22.5. The number of benzene rings is 3. The molecule has 38 heavy (non-hydrogen) atoms. The van der Waals surface area contributed by atoms with Crippen LogP contribution in [0.4, 0.5) is 0 Å². The molecule has 6 nitrogen and oxygen atoms in total. The van der Waals surface area contributed by atoms with Gasteiger partial charge in [-0.25, -0.2) is 0 Å². The molecule has 8 heteroatoms. The summed E-state index contributed by atoms with van der Waals surface area (Å²) in [5.41, 5.74) is 1.91. The van der Waals surface area contributed by atoms with Crippen molar-refractivity contribution in [1.29, 1.82) is 0 Å². The number of aromatic nitrogens is 1. The van der Waals surface area contributed by atoms with E-state index in [0.29, 0.717) is 17.7 Å². The van der Waals surface area contributed by atoms with Gasteiger partial charge in [0, 0.05) is 0 Å². The van der Waals surface area contributed by atoms with Gasteiger partial charge in [-0.2, -0.15) is 0 Å². The summed E-state index contributed by atoms with van der Waals surface area (Å²) in [4.78, 5) is 25.8. The van der Waals surface area contributed by atoms with E-state index in [1.807, 2.05) is 42.6 Å². The van der Waals surface area contributed by atoms with Gasteiger partial charge in [0.2, 0.25) is 0 Å². The topological polar surface area (TPSA) is 66.8 Å². The Hall–Kier alpha value is -2.80. The van der Waals surface area contributed by atoms with Gasteiger partial charge in [-0.3, -0.25) is 0 Å². The Morgan fingerprint density at radius 3 is 1.89 bits per heavy atom. The average Bonchev–Trinajstić information content (AvgIpc) is 3.30. The fourth-order valence-electron chi connectivity index (χ4n) is 3.64. The van der Waals surface area contributed by atoms with Crippen LogP contribution < -0.4 is 3.27 Å². The molecule has 0 bridgehead atoms. The van der Waals surface area contributed by atoms with E-state index in [0.717, 1.165) is 20.7 Å². The quantitative estimate of drug-likeness (QED) is 0.196. The molecule has 0 aliphatic carbocycles. The molecule has 0 aliphatic heterocycles. The molecular formula is C30H34BiNO5Si. The van der Waals surface area contributed by atoms with E-state index in [9.17, 15) is 9.59 Å². The number of hydrogen-bond acceptors (Lipinski definition) is 5. The molecule has 3 aromatic carbocycles. The van der Waals surface area contributed by atoms with Crippen molar-refractivity contribution in [1.82, 2.24) is 4.57 Å². The van der Waals surface area contributed by atoms with Crippen molar-refractivity contribution in [3.05, 3.63) is 102 Å². The predicted octanol–water partition coefficient (Wildman–Crippen LogP) is 6.07. The molecule has 0 aliphatic rings. The Bertz CT molecular complexity index is 1340. The van der Waals surface area contributed by atoms with E-state index in [-0.39, 0.29) is 5.04 Å². The molecule has 4 rings (SSSR count). The van der Waals surface area contributed by atoms with Crippen molar-refractivity contribution in [3.8, 4) is 0 Å². The van der Waals surface area contributed by atoms with E-state index in [2.05, 4.69) is 38.4 Å².